The van der Waals surface area contributed by atoms with E-state index < -0.39 is 0 Å². The van der Waals surface area contributed by atoms with Crippen molar-refractivity contribution in [2.45, 2.75) is 0 Å². The largest absolute Gasteiger partial charge is 0.245 e. The van der Waals surface area contributed by atoms with Crippen LogP contribution in [0.25, 0.3) is 99.8 Å². The van der Waals surface area contributed by atoms with Gasteiger partial charge in [-0.3, -0.25) is 0 Å². The summed E-state index contributed by atoms with van der Waals surface area (Å²) in [7, 11) is 0. The van der Waals surface area contributed by atoms with E-state index in [1.54, 1.807) is 0 Å². The summed E-state index contributed by atoms with van der Waals surface area (Å²) >= 11 is 0. The van der Waals surface area contributed by atoms with Gasteiger partial charge >= 0.3 is 0 Å². The van der Waals surface area contributed by atoms with Gasteiger partial charge in [0, 0.05) is 44.0 Å². The van der Waals surface area contributed by atoms with Crippen molar-refractivity contribution in [1.29, 1.82) is 0 Å². The summed E-state index contributed by atoms with van der Waals surface area (Å²) in [6, 6.07) is 63.2. The molecule has 0 radical (unpaired) electrons. The van der Waals surface area contributed by atoms with Gasteiger partial charge in [0.2, 0.25) is 0 Å². The van der Waals surface area contributed by atoms with Gasteiger partial charge in [-0.1, -0.05) is 158 Å². The van der Waals surface area contributed by atoms with Crippen LogP contribution in [0.1, 0.15) is 0 Å². The summed E-state index contributed by atoms with van der Waals surface area (Å²) in [5.74, 6) is 0.700. The quantitative estimate of drug-likeness (QED) is 0.172. The van der Waals surface area contributed by atoms with E-state index in [1.165, 1.54) is 0 Å². The van der Waals surface area contributed by atoms with E-state index in [1.807, 2.05) is 42.5 Å². The molecule has 0 spiro atoms. The Labute approximate surface area is 300 Å². The number of hydrogen-bond acceptors (Lipinski definition) is 4. The molecule has 10 rings (SSSR count). The van der Waals surface area contributed by atoms with Crippen LogP contribution >= 0.6 is 0 Å². The highest BCUT2D eigenvalue weighted by atomic mass is 14.9. The van der Waals surface area contributed by atoms with E-state index in [9.17, 15) is 0 Å². The minimum Gasteiger partial charge on any atom is -0.245 e. The lowest BCUT2D eigenvalue weighted by molar-refractivity contribution is 1.23. The van der Waals surface area contributed by atoms with Crippen LogP contribution in [-0.2, 0) is 0 Å². The lowest BCUT2D eigenvalue weighted by Gasteiger charge is -2.15. The third kappa shape index (κ3) is 5.17. The normalized spacial score (nSPS) is 11.5. The molecule has 4 nitrogen and oxygen atoms in total. The van der Waals surface area contributed by atoms with E-state index in [-0.39, 0.29) is 0 Å². The molecule has 0 atom stereocenters. The van der Waals surface area contributed by atoms with Crippen molar-refractivity contribution in [3.63, 3.8) is 0 Å². The number of hydrogen-bond donors (Lipinski definition) is 0. The van der Waals surface area contributed by atoms with Gasteiger partial charge in [0.25, 0.3) is 0 Å². The van der Waals surface area contributed by atoms with E-state index in [4.69, 9.17) is 19.9 Å². The van der Waals surface area contributed by atoms with Crippen molar-refractivity contribution in [2.75, 3.05) is 0 Å². The third-order valence-corrected chi connectivity index (χ3v) is 9.84. The Morgan fingerprint density at radius 2 is 0.865 bits per heavy atom. The van der Waals surface area contributed by atoms with Crippen LogP contribution in [0.3, 0.4) is 0 Å². The zero-order valence-electron chi connectivity index (χ0n) is 28.1. The second kappa shape index (κ2) is 12.4. The Kier molecular flexibility index (Phi) is 7.10. The summed E-state index contributed by atoms with van der Waals surface area (Å²) < 4.78 is 0. The Hall–Kier alpha value is -7.04. The molecular weight excluding hydrogens is 633 g/mol. The SMILES string of the molecule is c1ccc(-c2ccc3ccc4ccc(-c5cc(-c6cccc7c(-c8ccccc8)nc(-c8ccccc8)nc67)cc6ccccc56)nc4c3n2)cc1. The second-order valence-corrected chi connectivity index (χ2v) is 13.0. The number of para-hydroxylation sites is 1. The van der Waals surface area contributed by atoms with Crippen molar-refractivity contribution in [3.05, 3.63) is 182 Å². The van der Waals surface area contributed by atoms with Crippen LogP contribution in [0.2, 0.25) is 0 Å². The van der Waals surface area contributed by atoms with Crippen LogP contribution < -0.4 is 0 Å². The number of pyridine rings is 2. The molecule has 0 fully saturated rings. The minimum absolute atomic E-state index is 0.700. The molecule has 3 heterocycles. The Morgan fingerprint density at radius 3 is 1.60 bits per heavy atom. The van der Waals surface area contributed by atoms with Gasteiger partial charge in [0.05, 0.1) is 33.6 Å². The molecule has 0 amide bonds. The number of rotatable bonds is 5. The molecule has 10 aromatic rings. The summed E-state index contributed by atoms with van der Waals surface area (Å²) in [6.45, 7) is 0. The molecule has 0 N–H and O–H groups in total. The van der Waals surface area contributed by atoms with Gasteiger partial charge in [0.1, 0.15) is 0 Å². The third-order valence-electron chi connectivity index (χ3n) is 9.84. The van der Waals surface area contributed by atoms with Crippen molar-refractivity contribution < 1.29 is 0 Å². The number of benzene rings is 7. The predicted molar refractivity (Wildman–Crippen MR) is 215 cm³/mol. The zero-order chi connectivity index (χ0) is 34.4. The van der Waals surface area contributed by atoms with Crippen LogP contribution in [0.15, 0.2) is 182 Å². The summed E-state index contributed by atoms with van der Waals surface area (Å²) in [5.41, 5.74) is 11.7. The molecule has 0 unspecified atom stereocenters. The first-order valence-corrected chi connectivity index (χ1v) is 17.5. The van der Waals surface area contributed by atoms with Gasteiger partial charge in [0.15, 0.2) is 5.82 Å². The van der Waals surface area contributed by atoms with E-state index in [0.29, 0.717) is 5.82 Å². The average Bonchev–Trinajstić information content (AvgIpc) is 3.23. The Morgan fingerprint density at radius 1 is 0.288 bits per heavy atom. The van der Waals surface area contributed by atoms with E-state index >= 15 is 0 Å². The monoisotopic (exact) mass is 662 g/mol. The fraction of sp³-hybridized carbons (Fsp3) is 0. The molecule has 4 heteroatoms. The number of aromatic nitrogens is 4. The first kappa shape index (κ1) is 29.8. The van der Waals surface area contributed by atoms with Gasteiger partial charge in [-0.05, 0) is 40.6 Å². The van der Waals surface area contributed by atoms with Crippen molar-refractivity contribution in [3.8, 4) is 56.3 Å². The molecule has 0 aliphatic heterocycles. The highest BCUT2D eigenvalue weighted by molar-refractivity contribution is 6.08. The summed E-state index contributed by atoms with van der Waals surface area (Å²) in [5, 5.41) is 5.41. The van der Waals surface area contributed by atoms with E-state index in [0.717, 1.165) is 93.9 Å². The molecule has 0 saturated heterocycles. The standard InChI is InChI=1S/C48H30N4/c1-4-13-31(14-5-1)42-27-25-33-23-24-34-26-28-43(50-46(34)45(33)49-42)41-30-37(29-36-19-10-11-20-38(36)41)39-21-12-22-40-44(32-15-6-2-7-16-32)51-48(52-47(39)40)35-17-8-3-9-18-35/h1-30H. The van der Waals surface area contributed by atoms with Crippen LogP contribution in [-0.4, -0.2) is 19.9 Å². The van der Waals surface area contributed by atoms with Gasteiger partial charge in [-0.25, -0.2) is 19.9 Å². The van der Waals surface area contributed by atoms with Crippen molar-refractivity contribution >= 4 is 43.5 Å². The molecule has 0 bridgehead atoms. The second-order valence-electron chi connectivity index (χ2n) is 13.0. The molecule has 0 aliphatic carbocycles. The first-order chi connectivity index (χ1) is 25.8. The fourth-order valence-corrected chi connectivity index (χ4v) is 7.28. The maximum absolute atomic E-state index is 5.38. The highest BCUT2D eigenvalue weighted by Gasteiger charge is 2.17. The molecule has 3 aromatic heterocycles. The fourth-order valence-electron chi connectivity index (χ4n) is 7.28. The highest BCUT2D eigenvalue weighted by Crippen LogP contribution is 2.39. The van der Waals surface area contributed by atoms with Crippen LogP contribution in [0.4, 0.5) is 0 Å². The molecule has 0 saturated carbocycles. The van der Waals surface area contributed by atoms with Gasteiger partial charge < -0.3 is 0 Å². The topological polar surface area (TPSA) is 51.6 Å². The van der Waals surface area contributed by atoms with Gasteiger partial charge in [-0.15, -0.1) is 0 Å². The smallest absolute Gasteiger partial charge is 0.160 e. The lowest BCUT2D eigenvalue weighted by atomic mass is 9.93. The minimum atomic E-state index is 0.700. The average molecular weight is 663 g/mol. The van der Waals surface area contributed by atoms with Crippen molar-refractivity contribution in [2.24, 2.45) is 0 Å². The van der Waals surface area contributed by atoms with Crippen molar-refractivity contribution in [1.82, 2.24) is 19.9 Å². The molecular formula is C48H30N4. The predicted octanol–water partition coefficient (Wildman–Crippen LogP) is 12.2. The van der Waals surface area contributed by atoms with Crippen LogP contribution in [0, 0.1) is 0 Å². The van der Waals surface area contributed by atoms with Crippen LogP contribution in [0.5, 0.6) is 0 Å². The summed E-state index contributed by atoms with van der Waals surface area (Å²) in [6.07, 6.45) is 0. The first-order valence-electron chi connectivity index (χ1n) is 17.5. The Bertz CT molecular complexity index is 2940. The maximum Gasteiger partial charge on any atom is 0.160 e. The Balaban J connectivity index is 1.21. The zero-order valence-corrected chi connectivity index (χ0v) is 28.1. The van der Waals surface area contributed by atoms with E-state index in [2.05, 4.69) is 140 Å². The number of nitrogens with zero attached hydrogens (tertiary/aromatic N) is 4. The summed E-state index contributed by atoms with van der Waals surface area (Å²) in [4.78, 5) is 20.9. The molecule has 242 valence electrons. The molecule has 7 aromatic carbocycles. The maximum atomic E-state index is 5.38. The number of fused-ring (bicyclic) bond motifs is 5. The molecule has 52 heavy (non-hydrogen) atoms. The lowest BCUT2D eigenvalue weighted by Crippen LogP contribution is -1.97. The molecule has 0 aliphatic rings. The van der Waals surface area contributed by atoms with Gasteiger partial charge in [-0.2, -0.15) is 0 Å².